The number of hydrogen-bond acceptors (Lipinski definition) is 3. The molecule has 0 aliphatic heterocycles. The average Bonchev–Trinajstić information content (AvgIpc) is 2.23. The molecule has 3 heteroatoms. The molecule has 18 heavy (non-hydrogen) atoms. The number of nitrogens with two attached hydrogens (primary N) is 1. The number of aliphatic hydroxyl groups is 1. The van der Waals surface area contributed by atoms with E-state index in [1.165, 1.54) is 0 Å². The first-order valence-electron chi connectivity index (χ1n) is 6.51. The SMILES string of the molecule is CC(C)Oc1cccc(C(CCO)C(C)(C)N)c1. The highest BCUT2D eigenvalue weighted by molar-refractivity contribution is 5.32. The van der Waals surface area contributed by atoms with E-state index in [1.54, 1.807) is 0 Å². The molecule has 0 saturated carbocycles. The molecule has 0 aliphatic rings. The molecule has 0 saturated heterocycles. The fourth-order valence-corrected chi connectivity index (χ4v) is 2.17. The molecule has 1 unspecified atom stereocenters. The van der Waals surface area contributed by atoms with E-state index in [4.69, 9.17) is 10.5 Å². The van der Waals surface area contributed by atoms with Crippen LogP contribution in [0.4, 0.5) is 0 Å². The lowest BCUT2D eigenvalue weighted by molar-refractivity contribution is 0.239. The van der Waals surface area contributed by atoms with Crippen molar-refractivity contribution in [1.82, 2.24) is 0 Å². The van der Waals surface area contributed by atoms with Crippen LogP contribution in [0.15, 0.2) is 24.3 Å². The molecule has 0 amide bonds. The fraction of sp³-hybridized carbons (Fsp3) is 0.600. The number of hydrogen-bond donors (Lipinski definition) is 2. The summed E-state index contributed by atoms with van der Waals surface area (Å²) in [6.07, 6.45) is 0.816. The van der Waals surface area contributed by atoms with Gasteiger partial charge in [-0.1, -0.05) is 12.1 Å². The molecule has 1 aromatic rings. The summed E-state index contributed by atoms with van der Waals surface area (Å²) in [7, 11) is 0. The first-order chi connectivity index (χ1) is 8.34. The number of ether oxygens (including phenoxy) is 1. The molecular weight excluding hydrogens is 226 g/mol. The maximum Gasteiger partial charge on any atom is 0.119 e. The van der Waals surface area contributed by atoms with Crippen LogP contribution in [-0.4, -0.2) is 23.4 Å². The highest BCUT2D eigenvalue weighted by Crippen LogP contribution is 2.31. The van der Waals surface area contributed by atoms with Crippen molar-refractivity contribution >= 4 is 0 Å². The molecule has 0 spiro atoms. The molecule has 102 valence electrons. The predicted molar refractivity (Wildman–Crippen MR) is 74.9 cm³/mol. The molecule has 0 aromatic heterocycles. The van der Waals surface area contributed by atoms with Crippen LogP contribution < -0.4 is 10.5 Å². The molecule has 0 radical (unpaired) electrons. The summed E-state index contributed by atoms with van der Waals surface area (Å²) in [5.41, 5.74) is 6.96. The molecule has 1 atom stereocenters. The van der Waals surface area contributed by atoms with Gasteiger partial charge in [0.25, 0.3) is 0 Å². The third kappa shape index (κ3) is 4.31. The second-order valence-electron chi connectivity index (χ2n) is 5.63. The summed E-state index contributed by atoms with van der Waals surface area (Å²) < 4.78 is 5.69. The van der Waals surface area contributed by atoms with Crippen LogP contribution in [0.5, 0.6) is 5.75 Å². The maximum atomic E-state index is 9.19. The lowest BCUT2D eigenvalue weighted by atomic mass is 9.80. The highest BCUT2D eigenvalue weighted by atomic mass is 16.5. The monoisotopic (exact) mass is 251 g/mol. The van der Waals surface area contributed by atoms with Crippen LogP contribution in [0.25, 0.3) is 0 Å². The Morgan fingerprint density at radius 3 is 2.50 bits per heavy atom. The minimum absolute atomic E-state index is 0.123. The summed E-state index contributed by atoms with van der Waals surface area (Å²) >= 11 is 0. The summed E-state index contributed by atoms with van der Waals surface area (Å²) in [4.78, 5) is 0. The van der Waals surface area contributed by atoms with Gasteiger partial charge in [0.1, 0.15) is 5.75 Å². The molecular formula is C15H25NO2. The van der Waals surface area contributed by atoms with E-state index in [2.05, 4.69) is 0 Å². The quantitative estimate of drug-likeness (QED) is 0.817. The normalized spacial score (nSPS) is 13.7. The van der Waals surface area contributed by atoms with Gasteiger partial charge in [-0.05, 0) is 51.8 Å². The topological polar surface area (TPSA) is 55.5 Å². The Kier molecular flexibility index (Phi) is 5.17. The Bertz CT molecular complexity index is 369. The van der Waals surface area contributed by atoms with Gasteiger partial charge in [0.15, 0.2) is 0 Å². The molecule has 1 aromatic carbocycles. The van der Waals surface area contributed by atoms with Crippen LogP contribution in [0, 0.1) is 0 Å². The largest absolute Gasteiger partial charge is 0.491 e. The third-order valence-corrected chi connectivity index (χ3v) is 2.95. The van der Waals surface area contributed by atoms with Gasteiger partial charge in [-0.25, -0.2) is 0 Å². The van der Waals surface area contributed by atoms with Gasteiger partial charge in [-0.3, -0.25) is 0 Å². The highest BCUT2D eigenvalue weighted by Gasteiger charge is 2.26. The molecule has 0 bridgehead atoms. The second kappa shape index (κ2) is 6.21. The van der Waals surface area contributed by atoms with E-state index in [0.717, 1.165) is 11.3 Å². The number of rotatable bonds is 6. The van der Waals surface area contributed by atoms with Crippen molar-refractivity contribution in [2.24, 2.45) is 5.73 Å². The van der Waals surface area contributed by atoms with Gasteiger partial charge >= 0.3 is 0 Å². The fourth-order valence-electron chi connectivity index (χ4n) is 2.17. The van der Waals surface area contributed by atoms with Gasteiger partial charge in [0.05, 0.1) is 6.10 Å². The zero-order chi connectivity index (χ0) is 13.8. The first kappa shape index (κ1) is 15.0. The molecule has 0 aliphatic carbocycles. The lowest BCUT2D eigenvalue weighted by Crippen LogP contribution is -2.39. The van der Waals surface area contributed by atoms with Crippen molar-refractivity contribution in [1.29, 1.82) is 0 Å². The Morgan fingerprint density at radius 1 is 1.33 bits per heavy atom. The third-order valence-electron chi connectivity index (χ3n) is 2.95. The Balaban J connectivity index is 2.98. The van der Waals surface area contributed by atoms with Crippen molar-refractivity contribution in [2.75, 3.05) is 6.61 Å². The molecule has 0 fully saturated rings. The lowest BCUT2D eigenvalue weighted by Gasteiger charge is -2.31. The van der Waals surface area contributed by atoms with E-state index in [0.29, 0.717) is 6.42 Å². The molecule has 0 heterocycles. The van der Waals surface area contributed by atoms with Gasteiger partial charge < -0.3 is 15.6 Å². The Labute approximate surface area is 110 Å². The zero-order valence-electron chi connectivity index (χ0n) is 11.8. The summed E-state index contributed by atoms with van der Waals surface area (Å²) in [5.74, 6) is 0.980. The van der Waals surface area contributed by atoms with Crippen LogP contribution >= 0.6 is 0 Å². The van der Waals surface area contributed by atoms with Crippen molar-refractivity contribution < 1.29 is 9.84 Å². The Morgan fingerprint density at radius 2 is 2.00 bits per heavy atom. The summed E-state index contributed by atoms with van der Waals surface area (Å²) in [6.45, 7) is 8.13. The van der Waals surface area contributed by atoms with Crippen molar-refractivity contribution in [2.45, 2.75) is 51.7 Å². The number of benzene rings is 1. The Hall–Kier alpha value is -1.06. The predicted octanol–water partition coefficient (Wildman–Crippen LogP) is 2.68. The van der Waals surface area contributed by atoms with Crippen LogP contribution in [0.1, 0.15) is 45.6 Å². The first-order valence-corrected chi connectivity index (χ1v) is 6.51. The van der Waals surface area contributed by atoms with Gasteiger partial charge in [0, 0.05) is 18.1 Å². The summed E-state index contributed by atoms with van der Waals surface area (Å²) in [6, 6.07) is 7.99. The van der Waals surface area contributed by atoms with Crippen molar-refractivity contribution in [3.63, 3.8) is 0 Å². The van der Waals surface area contributed by atoms with E-state index >= 15 is 0 Å². The van der Waals surface area contributed by atoms with Crippen LogP contribution in [0.2, 0.25) is 0 Å². The minimum Gasteiger partial charge on any atom is -0.491 e. The van der Waals surface area contributed by atoms with Crippen molar-refractivity contribution in [3.05, 3.63) is 29.8 Å². The van der Waals surface area contributed by atoms with E-state index < -0.39 is 0 Å². The van der Waals surface area contributed by atoms with E-state index in [9.17, 15) is 5.11 Å². The van der Waals surface area contributed by atoms with E-state index in [-0.39, 0.29) is 24.2 Å². The average molecular weight is 251 g/mol. The van der Waals surface area contributed by atoms with E-state index in [1.807, 2.05) is 52.0 Å². The van der Waals surface area contributed by atoms with Gasteiger partial charge in [-0.2, -0.15) is 0 Å². The molecule has 1 rings (SSSR count). The van der Waals surface area contributed by atoms with Gasteiger partial charge in [0.2, 0.25) is 0 Å². The summed E-state index contributed by atoms with van der Waals surface area (Å²) in [5, 5.41) is 9.19. The number of aliphatic hydroxyl groups excluding tert-OH is 1. The zero-order valence-corrected chi connectivity index (χ0v) is 11.8. The van der Waals surface area contributed by atoms with Crippen LogP contribution in [0.3, 0.4) is 0 Å². The minimum atomic E-state index is -0.362. The molecule has 3 N–H and O–H groups in total. The maximum absolute atomic E-state index is 9.19. The van der Waals surface area contributed by atoms with Gasteiger partial charge in [-0.15, -0.1) is 0 Å². The second-order valence-corrected chi connectivity index (χ2v) is 5.63. The van der Waals surface area contributed by atoms with Crippen molar-refractivity contribution in [3.8, 4) is 5.75 Å². The smallest absolute Gasteiger partial charge is 0.119 e. The van der Waals surface area contributed by atoms with Crippen LogP contribution in [-0.2, 0) is 0 Å². The standard InChI is InChI=1S/C15H25NO2/c1-11(2)18-13-7-5-6-12(10-13)14(8-9-17)15(3,4)16/h5-7,10-11,14,17H,8-9,16H2,1-4H3. The molecule has 3 nitrogen and oxygen atoms in total.